The van der Waals surface area contributed by atoms with Crippen LogP contribution < -0.4 is 11.1 Å². The third-order valence-electron chi connectivity index (χ3n) is 3.27. The summed E-state index contributed by atoms with van der Waals surface area (Å²) in [6.07, 6.45) is 1.29. The molecule has 1 fully saturated rings. The van der Waals surface area contributed by atoms with Gasteiger partial charge in [-0.2, -0.15) is 0 Å². The van der Waals surface area contributed by atoms with Crippen molar-refractivity contribution in [2.75, 3.05) is 6.54 Å². The number of hydrogen-bond donors (Lipinski definition) is 3. The molecule has 4 N–H and O–H groups in total. The van der Waals surface area contributed by atoms with E-state index in [-0.39, 0.29) is 11.7 Å². The molecule has 1 saturated heterocycles. The van der Waals surface area contributed by atoms with E-state index in [2.05, 4.69) is 5.32 Å². The van der Waals surface area contributed by atoms with Crippen LogP contribution >= 0.6 is 23.2 Å². The first-order chi connectivity index (χ1) is 8.50. The van der Waals surface area contributed by atoms with Crippen molar-refractivity contribution in [2.24, 2.45) is 5.73 Å². The molecule has 18 heavy (non-hydrogen) atoms. The normalized spacial score (nSPS) is 23.9. The Morgan fingerprint density at radius 3 is 2.83 bits per heavy atom. The zero-order chi connectivity index (χ0) is 13.3. The summed E-state index contributed by atoms with van der Waals surface area (Å²) in [6.45, 7) is 0.653. The first-order valence-corrected chi connectivity index (χ1v) is 6.46. The molecule has 1 heterocycles. The fourth-order valence-electron chi connectivity index (χ4n) is 2.34. The molecule has 1 amide bonds. The second kappa shape index (κ2) is 5.34. The standard InChI is InChI=1S/C12H14Cl2N2O2/c13-7-1-2-9(17)10(11(7)14)6-3-4-16-8(5-6)12(15)18/h1-2,6,8,16-17H,3-5H2,(H2,15,18)/t6?,8-/m0/s1. The summed E-state index contributed by atoms with van der Waals surface area (Å²) in [5.74, 6) is -0.299. The molecule has 0 aromatic heterocycles. The minimum atomic E-state index is -0.391. The van der Waals surface area contributed by atoms with Crippen molar-refractivity contribution in [3.8, 4) is 5.75 Å². The van der Waals surface area contributed by atoms with Gasteiger partial charge in [0.1, 0.15) is 5.75 Å². The number of benzene rings is 1. The smallest absolute Gasteiger partial charge is 0.234 e. The number of nitrogens with one attached hydrogen (secondary N) is 1. The Bertz CT molecular complexity index is 479. The zero-order valence-corrected chi connectivity index (χ0v) is 11.1. The summed E-state index contributed by atoms with van der Waals surface area (Å²) >= 11 is 12.1. The second-order valence-corrected chi connectivity index (χ2v) is 5.21. The van der Waals surface area contributed by atoms with Gasteiger partial charge in [0.2, 0.25) is 5.91 Å². The monoisotopic (exact) mass is 288 g/mol. The van der Waals surface area contributed by atoms with E-state index in [4.69, 9.17) is 28.9 Å². The summed E-state index contributed by atoms with van der Waals surface area (Å²) < 4.78 is 0. The van der Waals surface area contributed by atoms with Gasteiger partial charge in [-0.05, 0) is 37.4 Å². The number of phenols is 1. The average molecular weight is 289 g/mol. The van der Waals surface area contributed by atoms with Crippen LogP contribution in [0.2, 0.25) is 10.0 Å². The van der Waals surface area contributed by atoms with E-state index in [0.29, 0.717) is 28.6 Å². The highest BCUT2D eigenvalue weighted by Crippen LogP contribution is 2.41. The van der Waals surface area contributed by atoms with Crippen LogP contribution in [-0.4, -0.2) is 23.6 Å². The highest BCUT2D eigenvalue weighted by Gasteiger charge is 2.29. The van der Waals surface area contributed by atoms with Crippen molar-refractivity contribution < 1.29 is 9.90 Å². The summed E-state index contributed by atoms with van der Waals surface area (Å²) in [7, 11) is 0. The van der Waals surface area contributed by atoms with Gasteiger partial charge in [-0.15, -0.1) is 0 Å². The number of halogens is 2. The van der Waals surface area contributed by atoms with Gasteiger partial charge in [-0.25, -0.2) is 0 Å². The predicted octanol–water partition coefficient (Wildman–Crippen LogP) is 2.02. The van der Waals surface area contributed by atoms with Gasteiger partial charge in [0.15, 0.2) is 0 Å². The third kappa shape index (κ3) is 2.55. The van der Waals surface area contributed by atoms with E-state index in [9.17, 15) is 9.90 Å². The number of amides is 1. The molecule has 2 atom stereocenters. The second-order valence-electron chi connectivity index (χ2n) is 4.42. The zero-order valence-electron chi connectivity index (χ0n) is 9.62. The van der Waals surface area contributed by atoms with E-state index in [1.54, 1.807) is 6.07 Å². The van der Waals surface area contributed by atoms with Crippen LogP contribution in [0.3, 0.4) is 0 Å². The number of piperidine rings is 1. The predicted molar refractivity (Wildman–Crippen MR) is 71.1 cm³/mol. The Balaban J connectivity index is 2.31. The van der Waals surface area contributed by atoms with E-state index < -0.39 is 11.9 Å². The maximum Gasteiger partial charge on any atom is 0.234 e. The molecule has 1 aromatic rings. The summed E-state index contributed by atoms with van der Waals surface area (Å²) in [6, 6.07) is 2.68. The molecule has 1 aromatic carbocycles. The Morgan fingerprint density at radius 2 is 2.17 bits per heavy atom. The van der Waals surface area contributed by atoms with Gasteiger partial charge in [-0.1, -0.05) is 23.2 Å². The molecule has 0 aliphatic carbocycles. The number of rotatable bonds is 2. The van der Waals surface area contributed by atoms with Gasteiger partial charge in [-0.3, -0.25) is 4.79 Å². The van der Waals surface area contributed by atoms with Crippen molar-refractivity contribution in [3.05, 3.63) is 27.7 Å². The summed E-state index contributed by atoms with van der Waals surface area (Å²) in [4.78, 5) is 11.2. The largest absolute Gasteiger partial charge is 0.508 e. The Labute approximate surface area is 115 Å². The molecular weight excluding hydrogens is 275 g/mol. The molecule has 0 spiro atoms. The quantitative estimate of drug-likeness (QED) is 0.779. The number of nitrogens with two attached hydrogens (primary N) is 1. The van der Waals surface area contributed by atoms with Gasteiger partial charge in [0.05, 0.1) is 16.1 Å². The van der Waals surface area contributed by atoms with Crippen LogP contribution in [0.15, 0.2) is 12.1 Å². The SMILES string of the molecule is NC(=O)[C@@H]1CC(c2c(O)ccc(Cl)c2Cl)CCN1. The van der Waals surface area contributed by atoms with Crippen LogP contribution in [0.5, 0.6) is 5.75 Å². The Morgan fingerprint density at radius 1 is 1.44 bits per heavy atom. The number of carbonyl (C=O) groups excluding carboxylic acids is 1. The molecule has 6 heteroatoms. The molecule has 98 valence electrons. The van der Waals surface area contributed by atoms with E-state index in [1.165, 1.54) is 6.07 Å². The van der Waals surface area contributed by atoms with Gasteiger partial charge in [0.25, 0.3) is 0 Å². The van der Waals surface area contributed by atoms with Crippen molar-refractivity contribution in [1.29, 1.82) is 0 Å². The topological polar surface area (TPSA) is 75.4 Å². The number of phenolic OH excluding ortho intramolecular Hbond substituents is 1. The third-order valence-corrected chi connectivity index (χ3v) is 4.08. The van der Waals surface area contributed by atoms with E-state index in [1.807, 2.05) is 0 Å². The number of carbonyl (C=O) groups is 1. The highest BCUT2D eigenvalue weighted by atomic mass is 35.5. The number of hydrogen-bond acceptors (Lipinski definition) is 3. The number of primary amides is 1. The van der Waals surface area contributed by atoms with Gasteiger partial charge in [0, 0.05) is 5.56 Å². The van der Waals surface area contributed by atoms with Crippen LogP contribution in [-0.2, 0) is 4.79 Å². The van der Waals surface area contributed by atoms with Crippen molar-refractivity contribution in [3.63, 3.8) is 0 Å². The van der Waals surface area contributed by atoms with E-state index >= 15 is 0 Å². The van der Waals surface area contributed by atoms with E-state index in [0.717, 1.165) is 6.42 Å². The maximum atomic E-state index is 11.2. The number of aromatic hydroxyl groups is 1. The van der Waals surface area contributed by atoms with Gasteiger partial charge < -0.3 is 16.2 Å². The lowest BCUT2D eigenvalue weighted by atomic mass is 9.85. The molecule has 0 bridgehead atoms. The van der Waals surface area contributed by atoms with Crippen LogP contribution in [0.1, 0.15) is 24.3 Å². The minimum absolute atomic E-state index is 0.0186. The molecular formula is C12H14Cl2N2O2. The lowest BCUT2D eigenvalue weighted by Crippen LogP contribution is -2.46. The molecule has 1 aliphatic heterocycles. The summed E-state index contributed by atoms with van der Waals surface area (Å²) in [5.41, 5.74) is 5.90. The first kappa shape index (κ1) is 13.5. The van der Waals surface area contributed by atoms with Crippen LogP contribution in [0.25, 0.3) is 0 Å². The fraction of sp³-hybridized carbons (Fsp3) is 0.417. The maximum absolute atomic E-state index is 11.2. The Hall–Kier alpha value is -0.970. The van der Waals surface area contributed by atoms with Crippen molar-refractivity contribution in [2.45, 2.75) is 24.8 Å². The van der Waals surface area contributed by atoms with Crippen molar-refractivity contribution >= 4 is 29.1 Å². The minimum Gasteiger partial charge on any atom is -0.508 e. The highest BCUT2D eigenvalue weighted by molar-refractivity contribution is 6.42. The molecule has 4 nitrogen and oxygen atoms in total. The van der Waals surface area contributed by atoms with Crippen molar-refractivity contribution in [1.82, 2.24) is 5.32 Å². The molecule has 0 radical (unpaired) electrons. The molecule has 1 unspecified atom stereocenters. The fourth-order valence-corrected chi connectivity index (χ4v) is 2.82. The molecule has 1 aliphatic rings. The van der Waals surface area contributed by atoms with Crippen LogP contribution in [0.4, 0.5) is 0 Å². The lowest BCUT2D eigenvalue weighted by molar-refractivity contribution is -0.120. The summed E-state index contributed by atoms with van der Waals surface area (Å²) in [5, 5.41) is 13.7. The lowest BCUT2D eigenvalue weighted by Gasteiger charge is -2.29. The average Bonchev–Trinajstić information content (AvgIpc) is 2.35. The van der Waals surface area contributed by atoms with Gasteiger partial charge >= 0.3 is 0 Å². The molecule has 0 saturated carbocycles. The first-order valence-electron chi connectivity index (χ1n) is 5.70. The van der Waals surface area contributed by atoms with Crippen LogP contribution in [0, 0.1) is 0 Å². The Kier molecular flexibility index (Phi) is 4.00. The molecule has 2 rings (SSSR count).